The zero-order valence-electron chi connectivity index (χ0n) is 13.8. The van der Waals surface area contributed by atoms with Gasteiger partial charge in [-0.1, -0.05) is 45.7 Å². The maximum Gasteiger partial charge on any atom is 0.417 e. The highest BCUT2D eigenvalue weighted by Crippen LogP contribution is 2.41. The van der Waals surface area contributed by atoms with Crippen molar-refractivity contribution in [2.75, 3.05) is 6.54 Å². The first-order valence-corrected chi connectivity index (χ1v) is 9.36. The number of halogens is 5. The SMILES string of the molecule is NCCCCc1c(-c2ccccc2C(F)(F)F)[nH]c2c(Cl)cc(Br)cc12. The smallest absolute Gasteiger partial charge is 0.353 e. The third-order valence-electron chi connectivity index (χ3n) is 4.31. The van der Waals surface area contributed by atoms with Crippen molar-refractivity contribution in [3.05, 3.63) is 57.0 Å². The molecule has 2 nitrogen and oxygen atoms in total. The standard InChI is InChI=1S/C19H17BrClF3N2/c20-11-9-14-12(5-3-4-8-25)17(26-18(14)16(21)10-11)13-6-1-2-7-15(13)19(22,23)24/h1-2,6-7,9-10,26H,3-5,8,25H2. The minimum absolute atomic E-state index is 0.131. The summed E-state index contributed by atoms with van der Waals surface area (Å²) >= 11 is 9.74. The quantitative estimate of drug-likeness (QED) is 0.430. The molecule has 0 aliphatic carbocycles. The fourth-order valence-corrected chi connectivity index (χ4v) is 4.01. The van der Waals surface area contributed by atoms with Crippen LogP contribution in [-0.4, -0.2) is 11.5 Å². The number of alkyl halides is 3. The molecule has 0 amide bonds. The summed E-state index contributed by atoms with van der Waals surface area (Å²) in [4.78, 5) is 3.13. The number of H-pyrrole nitrogens is 1. The van der Waals surface area contributed by atoms with Crippen molar-refractivity contribution in [2.24, 2.45) is 5.73 Å². The lowest BCUT2D eigenvalue weighted by Crippen LogP contribution is -2.07. The Balaban J connectivity index is 2.26. The molecule has 0 radical (unpaired) electrons. The molecular weight excluding hydrogens is 429 g/mol. The van der Waals surface area contributed by atoms with Crippen LogP contribution < -0.4 is 5.73 Å². The zero-order valence-corrected chi connectivity index (χ0v) is 16.1. The second-order valence-electron chi connectivity index (χ2n) is 6.08. The van der Waals surface area contributed by atoms with Crippen molar-refractivity contribution in [1.29, 1.82) is 0 Å². The molecular formula is C19H17BrClF3N2. The molecule has 0 spiro atoms. The van der Waals surface area contributed by atoms with E-state index in [1.165, 1.54) is 12.1 Å². The van der Waals surface area contributed by atoms with Gasteiger partial charge in [0.15, 0.2) is 0 Å². The van der Waals surface area contributed by atoms with Crippen LogP contribution in [0.4, 0.5) is 13.2 Å². The highest BCUT2D eigenvalue weighted by atomic mass is 79.9. The van der Waals surface area contributed by atoms with E-state index in [1.54, 1.807) is 12.1 Å². The number of fused-ring (bicyclic) bond motifs is 1. The molecule has 0 saturated carbocycles. The molecule has 1 aromatic heterocycles. The Morgan fingerprint density at radius 2 is 1.85 bits per heavy atom. The number of aromatic amines is 1. The number of hydrogen-bond acceptors (Lipinski definition) is 1. The molecule has 0 bridgehead atoms. The summed E-state index contributed by atoms with van der Waals surface area (Å²) in [7, 11) is 0. The fraction of sp³-hybridized carbons (Fsp3) is 0.263. The van der Waals surface area contributed by atoms with E-state index in [0.29, 0.717) is 29.2 Å². The second kappa shape index (κ2) is 7.62. The van der Waals surface area contributed by atoms with Gasteiger partial charge in [0.05, 0.1) is 21.8 Å². The van der Waals surface area contributed by atoms with Crippen molar-refractivity contribution in [3.63, 3.8) is 0 Å². The van der Waals surface area contributed by atoms with Crippen molar-refractivity contribution in [1.82, 2.24) is 4.98 Å². The van der Waals surface area contributed by atoms with E-state index < -0.39 is 11.7 Å². The van der Waals surface area contributed by atoms with Crippen LogP contribution in [0.2, 0.25) is 5.02 Å². The molecule has 3 N–H and O–H groups in total. The Morgan fingerprint density at radius 3 is 2.54 bits per heavy atom. The molecule has 2 aromatic carbocycles. The van der Waals surface area contributed by atoms with E-state index in [0.717, 1.165) is 34.3 Å². The minimum atomic E-state index is -4.44. The molecule has 0 atom stereocenters. The first kappa shape index (κ1) is 19.3. The highest BCUT2D eigenvalue weighted by molar-refractivity contribution is 9.10. The van der Waals surface area contributed by atoms with Gasteiger partial charge in [0.25, 0.3) is 0 Å². The van der Waals surface area contributed by atoms with Gasteiger partial charge >= 0.3 is 6.18 Å². The highest BCUT2D eigenvalue weighted by Gasteiger charge is 2.34. The molecule has 7 heteroatoms. The van der Waals surface area contributed by atoms with E-state index in [2.05, 4.69) is 20.9 Å². The third-order valence-corrected chi connectivity index (χ3v) is 5.07. The van der Waals surface area contributed by atoms with Crippen LogP contribution in [0, 0.1) is 0 Å². The summed E-state index contributed by atoms with van der Waals surface area (Å²) in [6, 6.07) is 9.20. The molecule has 0 fully saturated rings. The van der Waals surface area contributed by atoms with Crippen LogP contribution in [0.25, 0.3) is 22.2 Å². The molecule has 0 aliphatic heterocycles. The van der Waals surface area contributed by atoms with Crippen LogP contribution in [0.15, 0.2) is 40.9 Å². The van der Waals surface area contributed by atoms with Gasteiger partial charge < -0.3 is 10.7 Å². The van der Waals surface area contributed by atoms with Crippen LogP contribution in [-0.2, 0) is 12.6 Å². The first-order valence-electron chi connectivity index (χ1n) is 8.19. The molecule has 0 aliphatic rings. The molecule has 3 rings (SSSR count). The van der Waals surface area contributed by atoms with Crippen LogP contribution in [0.3, 0.4) is 0 Å². The molecule has 0 saturated heterocycles. The summed E-state index contributed by atoms with van der Waals surface area (Å²) in [6.07, 6.45) is -2.23. The van der Waals surface area contributed by atoms with Gasteiger partial charge in [0.1, 0.15) is 0 Å². The van der Waals surface area contributed by atoms with Crippen LogP contribution >= 0.6 is 27.5 Å². The normalized spacial score (nSPS) is 12.1. The van der Waals surface area contributed by atoms with E-state index in [9.17, 15) is 13.2 Å². The van der Waals surface area contributed by atoms with Gasteiger partial charge in [-0.3, -0.25) is 0 Å². The maximum absolute atomic E-state index is 13.5. The Kier molecular flexibility index (Phi) is 5.65. The monoisotopic (exact) mass is 444 g/mol. The predicted molar refractivity (Wildman–Crippen MR) is 103 cm³/mol. The van der Waals surface area contributed by atoms with Crippen LogP contribution in [0.1, 0.15) is 24.0 Å². The largest absolute Gasteiger partial charge is 0.417 e. The number of nitrogens with one attached hydrogen (secondary N) is 1. The zero-order chi connectivity index (χ0) is 18.9. The number of benzene rings is 2. The first-order chi connectivity index (χ1) is 12.3. The average molecular weight is 446 g/mol. The summed E-state index contributed by atoms with van der Waals surface area (Å²) in [6.45, 7) is 0.543. The summed E-state index contributed by atoms with van der Waals surface area (Å²) in [5, 5.41) is 1.29. The lowest BCUT2D eigenvalue weighted by molar-refractivity contribution is -0.137. The van der Waals surface area contributed by atoms with Gasteiger partial charge in [0.2, 0.25) is 0 Å². The molecule has 3 aromatic rings. The molecule has 26 heavy (non-hydrogen) atoms. The van der Waals surface area contributed by atoms with Crippen molar-refractivity contribution in [2.45, 2.75) is 25.4 Å². The number of unbranched alkanes of at least 4 members (excludes halogenated alkanes) is 1. The van der Waals surface area contributed by atoms with Crippen LogP contribution in [0.5, 0.6) is 0 Å². The number of hydrogen-bond donors (Lipinski definition) is 2. The lowest BCUT2D eigenvalue weighted by atomic mass is 9.97. The number of rotatable bonds is 5. The van der Waals surface area contributed by atoms with Crippen molar-refractivity contribution in [3.8, 4) is 11.3 Å². The van der Waals surface area contributed by atoms with Gasteiger partial charge in [-0.15, -0.1) is 0 Å². The Morgan fingerprint density at radius 1 is 1.12 bits per heavy atom. The molecule has 0 unspecified atom stereocenters. The van der Waals surface area contributed by atoms with Gasteiger partial charge in [-0.25, -0.2) is 0 Å². The summed E-state index contributed by atoms with van der Waals surface area (Å²) in [5.41, 5.74) is 6.97. The average Bonchev–Trinajstić information content (AvgIpc) is 2.93. The topological polar surface area (TPSA) is 41.8 Å². The van der Waals surface area contributed by atoms with E-state index in [-0.39, 0.29) is 5.56 Å². The summed E-state index contributed by atoms with van der Waals surface area (Å²) in [5.74, 6) is 0. The fourth-order valence-electron chi connectivity index (χ4n) is 3.16. The summed E-state index contributed by atoms with van der Waals surface area (Å²) < 4.78 is 41.3. The van der Waals surface area contributed by atoms with Crippen molar-refractivity contribution >= 4 is 38.4 Å². The van der Waals surface area contributed by atoms with Gasteiger partial charge in [-0.2, -0.15) is 13.2 Å². The lowest BCUT2D eigenvalue weighted by Gasteiger charge is -2.13. The Bertz CT molecular complexity index is 934. The Hall–Kier alpha value is -1.50. The molecule has 1 heterocycles. The molecule has 138 valence electrons. The minimum Gasteiger partial charge on any atom is -0.353 e. The number of aromatic nitrogens is 1. The van der Waals surface area contributed by atoms with Gasteiger partial charge in [0, 0.05) is 15.4 Å². The van der Waals surface area contributed by atoms with E-state index >= 15 is 0 Å². The maximum atomic E-state index is 13.5. The third kappa shape index (κ3) is 3.77. The van der Waals surface area contributed by atoms with E-state index in [4.69, 9.17) is 17.3 Å². The van der Waals surface area contributed by atoms with Crippen molar-refractivity contribution < 1.29 is 13.2 Å². The predicted octanol–water partition coefficient (Wildman–Crippen LogP) is 6.55. The van der Waals surface area contributed by atoms with E-state index in [1.807, 2.05) is 6.07 Å². The Labute approximate surface area is 162 Å². The number of nitrogens with two attached hydrogens (primary N) is 1. The second-order valence-corrected chi connectivity index (χ2v) is 7.40. The van der Waals surface area contributed by atoms with Gasteiger partial charge in [-0.05, 0) is 49.6 Å². The number of aryl methyl sites for hydroxylation is 1.